The first-order chi connectivity index (χ1) is 14.1. The molecule has 1 aromatic rings. The van der Waals surface area contributed by atoms with Crippen LogP contribution in [0.15, 0.2) is 36.4 Å². The number of nitrogens with zero attached hydrogens (tertiary/aromatic N) is 1. The minimum absolute atomic E-state index is 0.0416. The van der Waals surface area contributed by atoms with E-state index in [0.717, 1.165) is 51.4 Å². The first-order valence-corrected chi connectivity index (χ1v) is 10.6. The van der Waals surface area contributed by atoms with Gasteiger partial charge in [-0.2, -0.15) is 5.26 Å². The van der Waals surface area contributed by atoms with Crippen LogP contribution in [0.4, 0.5) is 0 Å². The summed E-state index contributed by atoms with van der Waals surface area (Å²) >= 11 is 0. The van der Waals surface area contributed by atoms with Crippen LogP contribution in [0, 0.1) is 29.1 Å². The topological polar surface area (TPSA) is 76.4 Å². The zero-order chi connectivity index (χ0) is 20.6. The molecule has 29 heavy (non-hydrogen) atoms. The molecule has 3 rings (SSSR count). The number of esters is 2. The molecule has 0 N–H and O–H groups in total. The monoisotopic (exact) mass is 395 g/mol. The molecule has 1 aromatic carbocycles. The van der Waals surface area contributed by atoms with Gasteiger partial charge in [0.2, 0.25) is 0 Å². The van der Waals surface area contributed by atoms with Gasteiger partial charge in [-0.25, -0.2) is 4.79 Å². The van der Waals surface area contributed by atoms with Gasteiger partial charge in [0, 0.05) is 6.08 Å². The highest BCUT2D eigenvalue weighted by atomic mass is 16.5. The summed E-state index contributed by atoms with van der Waals surface area (Å²) in [6.45, 7) is 1.81. The molecule has 0 aromatic heterocycles. The Balaban J connectivity index is 1.40. The zero-order valence-corrected chi connectivity index (χ0v) is 17.0. The van der Waals surface area contributed by atoms with Crippen LogP contribution in [-0.2, 0) is 14.3 Å². The van der Waals surface area contributed by atoms with E-state index in [9.17, 15) is 9.59 Å². The third kappa shape index (κ3) is 5.93. The van der Waals surface area contributed by atoms with Gasteiger partial charge in [0.25, 0.3) is 0 Å². The van der Waals surface area contributed by atoms with Gasteiger partial charge in [-0.3, -0.25) is 4.79 Å². The predicted octanol–water partition coefficient (Wildman–Crippen LogP) is 4.95. The van der Waals surface area contributed by atoms with Gasteiger partial charge in [0.1, 0.15) is 11.9 Å². The van der Waals surface area contributed by atoms with Crippen molar-refractivity contribution >= 4 is 11.9 Å². The van der Waals surface area contributed by atoms with E-state index in [1.165, 1.54) is 6.08 Å². The Morgan fingerprint density at radius 3 is 2.10 bits per heavy atom. The first kappa shape index (κ1) is 21.1. The summed E-state index contributed by atoms with van der Waals surface area (Å²) in [7, 11) is 0. The van der Waals surface area contributed by atoms with Gasteiger partial charge in [0.05, 0.1) is 17.6 Å². The lowest BCUT2D eigenvalue weighted by Gasteiger charge is -2.37. The van der Waals surface area contributed by atoms with Crippen LogP contribution < -0.4 is 4.74 Å². The number of benzene rings is 1. The number of nitriles is 1. The Bertz CT molecular complexity index is 761. The van der Waals surface area contributed by atoms with Crippen molar-refractivity contribution in [1.82, 2.24) is 0 Å². The number of carbonyl (C=O) groups is 2. The van der Waals surface area contributed by atoms with Crippen molar-refractivity contribution in [3.8, 4) is 11.8 Å². The number of allylic oxidation sites excluding steroid dienone is 1. The molecule has 0 spiro atoms. The van der Waals surface area contributed by atoms with Gasteiger partial charge in [-0.05, 0) is 94.4 Å². The molecule has 5 heteroatoms. The number of rotatable bonds is 5. The zero-order valence-electron chi connectivity index (χ0n) is 17.0. The Kier molecular flexibility index (Phi) is 7.46. The number of hydrogen-bond acceptors (Lipinski definition) is 5. The van der Waals surface area contributed by atoms with Crippen molar-refractivity contribution in [3.63, 3.8) is 0 Å². The first-order valence-electron chi connectivity index (χ1n) is 10.6. The number of ether oxygens (including phenoxy) is 2. The maximum absolute atomic E-state index is 12.5. The standard InChI is InChI=1S/C24H29NO4/c1-2-3-23(26)28-21-14-10-19(11-15-21)18-6-8-20(9-7-18)24(27)29-22-12-4-17(16-25)5-13-22/h2-5,12-13,18-21H,6-11,14-15H2,1H3/b3-2+/t18-,19-,20-,21-. The highest BCUT2D eigenvalue weighted by Crippen LogP contribution is 2.40. The Hall–Kier alpha value is -2.61. The fraction of sp³-hybridized carbons (Fsp3) is 0.542. The molecular formula is C24H29NO4. The Morgan fingerprint density at radius 1 is 0.966 bits per heavy atom. The van der Waals surface area contributed by atoms with Crippen molar-refractivity contribution in [3.05, 3.63) is 42.0 Å². The fourth-order valence-electron chi connectivity index (χ4n) is 4.64. The predicted molar refractivity (Wildman–Crippen MR) is 109 cm³/mol. The summed E-state index contributed by atoms with van der Waals surface area (Å²) < 4.78 is 11.0. The average Bonchev–Trinajstić information content (AvgIpc) is 2.75. The SMILES string of the molecule is C/C=C/C(=O)O[C@H]1CC[C@H]([C@H]2CC[C@H](C(=O)Oc3ccc(C#N)cc3)CC2)CC1. The van der Waals surface area contributed by atoms with Crippen LogP contribution in [0.3, 0.4) is 0 Å². The maximum atomic E-state index is 12.5. The van der Waals surface area contributed by atoms with E-state index < -0.39 is 0 Å². The van der Waals surface area contributed by atoms with Crippen molar-refractivity contribution in [1.29, 1.82) is 5.26 Å². The molecule has 2 fully saturated rings. The van der Waals surface area contributed by atoms with Crippen LogP contribution >= 0.6 is 0 Å². The molecule has 0 radical (unpaired) electrons. The van der Waals surface area contributed by atoms with E-state index in [-0.39, 0.29) is 24.0 Å². The summed E-state index contributed by atoms with van der Waals surface area (Å²) in [6, 6.07) is 8.71. The molecule has 0 heterocycles. The number of carbonyl (C=O) groups excluding carboxylic acids is 2. The summed E-state index contributed by atoms with van der Waals surface area (Å²) in [5.41, 5.74) is 0.552. The summed E-state index contributed by atoms with van der Waals surface area (Å²) in [4.78, 5) is 24.1. The van der Waals surface area contributed by atoms with Crippen LogP contribution in [-0.4, -0.2) is 18.0 Å². The van der Waals surface area contributed by atoms with Crippen LogP contribution in [0.1, 0.15) is 63.9 Å². The van der Waals surface area contributed by atoms with E-state index in [4.69, 9.17) is 14.7 Å². The van der Waals surface area contributed by atoms with E-state index >= 15 is 0 Å². The summed E-state index contributed by atoms with van der Waals surface area (Å²) in [6.07, 6.45) is 11.2. The molecule has 0 bridgehead atoms. The van der Waals surface area contributed by atoms with Crippen molar-refractivity contribution in [2.24, 2.45) is 17.8 Å². The minimum Gasteiger partial charge on any atom is -0.459 e. The highest BCUT2D eigenvalue weighted by Gasteiger charge is 2.34. The summed E-state index contributed by atoms with van der Waals surface area (Å²) in [5.74, 6) is 1.38. The van der Waals surface area contributed by atoms with Crippen LogP contribution in [0.25, 0.3) is 0 Å². The quantitative estimate of drug-likeness (QED) is 0.401. The van der Waals surface area contributed by atoms with Gasteiger partial charge in [-0.15, -0.1) is 0 Å². The second-order valence-electron chi connectivity index (χ2n) is 8.14. The van der Waals surface area contributed by atoms with Gasteiger partial charge < -0.3 is 9.47 Å². The molecular weight excluding hydrogens is 366 g/mol. The molecule has 0 aliphatic heterocycles. The van der Waals surface area contributed by atoms with Crippen molar-refractivity contribution in [2.45, 2.75) is 64.4 Å². The third-order valence-corrected chi connectivity index (χ3v) is 6.28. The van der Waals surface area contributed by atoms with Gasteiger partial charge >= 0.3 is 11.9 Å². The Labute approximate surface area is 172 Å². The highest BCUT2D eigenvalue weighted by molar-refractivity contribution is 5.81. The fourth-order valence-corrected chi connectivity index (χ4v) is 4.64. The lowest BCUT2D eigenvalue weighted by Crippen LogP contribution is -2.31. The second kappa shape index (κ2) is 10.2. The molecule has 5 nitrogen and oxygen atoms in total. The average molecular weight is 395 g/mol. The molecule has 0 atom stereocenters. The normalized spacial score (nSPS) is 27.2. The van der Waals surface area contributed by atoms with Crippen molar-refractivity contribution < 1.29 is 19.1 Å². The third-order valence-electron chi connectivity index (χ3n) is 6.28. The van der Waals surface area contributed by atoms with E-state index in [1.807, 2.05) is 6.92 Å². The van der Waals surface area contributed by atoms with Crippen molar-refractivity contribution in [2.75, 3.05) is 0 Å². The summed E-state index contributed by atoms with van der Waals surface area (Å²) in [5, 5.41) is 8.84. The van der Waals surface area contributed by atoms with E-state index in [1.54, 1.807) is 30.3 Å². The molecule has 0 amide bonds. The molecule has 0 saturated heterocycles. The maximum Gasteiger partial charge on any atom is 0.330 e. The second-order valence-corrected chi connectivity index (χ2v) is 8.14. The van der Waals surface area contributed by atoms with Crippen LogP contribution in [0.2, 0.25) is 0 Å². The van der Waals surface area contributed by atoms with Gasteiger partial charge in [0.15, 0.2) is 0 Å². The largest absolute Gasteiger partial charge is 0.459 e. The van der Waals surface area contributed by atoms with E-state index in [0.29, 0.717) is 23.1 Å². The molecule has 2 aliphatic rings. The lowest BCUT2D eigenvalue weighted by atomic mass is 9.70. The van der Waals surface area contributed by atoms with Crippen LogP contribution in [0.5, 0.6) is 5.75 Å². The molecule has 2 saturated carbocycles. The number of hydrogen-bond donors (Lipinski definition) is 0. The smallest absolute Gasteiger partial charge is 0.330 e. The van der Waals surface area contributed by atoms with Gasteiger partial charge in [-0.1, -0.05) is 6.08 Å². The molecule has 154 valence electrons. The molecule has 0 unspecified atom stereocenters. The van der Waals surface area contributed by atoms with E-state index in [2.05, 4.69) is 6.07 Å². The lowest BCUT2D eigenvalue weighted by molar-refractivity contribution is -0.145. The minimum atomic E-state index is -0.239. The Morgan fingerprint density at radius 2 is 1.55 bits per heavy atom. The molecule has 2 aliphatic carbocycles.